The zero-order valence-corrected chi connectivity index (χ0v) is 10.7. The minimum atomic E-state index is -0.326. The van der Waals surface area contributed by atoms with Crippen molar-refractivity contribution in [2.24, 2.45) is 5.92 Å². The second-order valence-electron chi connectivity index (χ2n) is 4.08. The first-order valence-electron chi connectivity index (χ1n) is 5.46. The van der Waals surface area contributed by atoms with Crippen molar-refractivity contribution >= 4 is 12.4 Å². The van der Waals surface area contributed by atoms with Crippen LogP contribution in [0.1, 0.15) is 27.7 Å². The molecule has 0 aliphatic rings. The van der Waals surface area contributed by atoms with Gasteiger partial charge in [0.15, 0.2) is 0 Å². The number of rotatable bonds is 6. The second kappa shape index (κ2) is 7.04. The number of likely N-dealkylation sites (N-methyl/N-ethyl adjacent to an activating group) is 1. The van der Waals surface area contributed by atoms with Crippen molar-refractivity contribution in [2.45, 2.75) is 33.7 Å². The van der Waals surface area contributed by atoms with E-state index in [2.05, 4.69) is 0 Å². The molecule has 0 saturated heterocycles. The van der Waals surface area contributed by atoms with Gasteiger partial charge < -0.3 is 9.64 Å². The Labute approximate surface area is 97.3 Å². The van der Waals surface area contributed by atoms with E-state index in [4.69, 9.17) is 4.74 Å². The van der Waals surface area contributed by atoms with Crippen molar-refractivity contribution in [2.75, 3.05) is 13.7 Å². The summed E-state index contributed by atoms with van der Waals surface area (Å²) in [6, 6.07) is -0.0816. The van der Waals surface area contributed by atoms with Crippen molar-refractivity contribution in [3.05, 3.63) is 11.6 Å². The molecule has 0 rings (SSSR count). The molecule has 1 atom stereocenters. The summed E-state index contributed by atoms with van der Waals surface area (Å²) >= 11 is 0. The first kappa shape index (κ1) is 14.7. The standard InChI is InChI=1S/C12H21NO3/c1-6-16-12(15)10(4)7-11(9(2)3)13(5)8-14/h7-9,11H,6H2,1-5H3/b10-7+/t11-/m1/s1. The molecule has 0 N–H and O–H groups in total. The van der Waals surface area contributed by atoms with Gasteiger partial charge in [-0.3, -0.25) is 4.79 Å². The minimum absolute atomic E-state index is 0.0816. The van der Waals surface area contributed by atoms with E-state index in [9.17, 15) is 9.59 Å². The van der Waals surface area contributed by atoms with E-state index in [1.54, 1.807) is 31.9 Å². The summed E-state index contributed by atoms with van der Waals surface area (Å²) in [5.41, 5.74) is 0.536. The zero-order chi connectivity index (χ0) is 12.7. The van der Waals surface area contributed by atoms with E-state index < -0.39 is 0 Å². The van der Waals surface area contributed by atoms with Gasteiger partial charge in [-0.15, -0.1) is 0 Å². The van der Waals surface area contributed by atoms with E-state index >= 15 is 0 Å². The van der Waals surface area contributed by atoms with E-state index in [0.29, 0.717) is 12.2 Å². The predicted octanol–water partition coefficient (Wildman–Crippen LogP) is 1.61. The van der Waals surface area contributed by atoms with Crippen LogP contribution in [0.4, 0.5) is 0 Å². The zero-order valence-electron chi connectivity index (χ0n) is 10.7. The summed E-state index contributed by atoms with van der Waals surface area (Å²) in [6.07, 6.45) is 2.54. The third-order valence-corrected chi connectivity index (χ3v) is 2.34. The quantitative estimate of drug-likeness (QED) is 0.393. The highest BCUT2D eigenvalue weighted by atomic mass is 16.5. The van der Waals surface area contributed by atoms with Gasteiger partial charge in [0.1, 0.15) is 0 Å². The molecule has 4 nitrogen and oxygen atoms in total. The Balaban J connectivity index is 4.77. The van der Waals surface area contributed by atoms with Crippen LogP contribution in [0, 0.1) is 5.92 Å². The topological polar surface area (TPSA) is 46.6 Å². The van der Waals surface area contributed by atoms with Gasteiger partial charge in [0.25, 0.3) is 0 Å². The fourth-order valence-electron chi connectivity index (χ4n) is 1.42. The Bertz CT molecular complexity index is 271. The Kier molecular flexibility index (Phi) is 6.46. The number of amides is 1. The third-order valence-electron chi connectivity index (χ3n) is 2.34. The highest BCUT2D eigenvalue weighted by Crippen LogP contribution is 2.12. The monoisotopic (exact) mass is 227 g/mol. The average molecular weight is 227 g/mol. The maximum atomic E-state index is 11.4. The number of ether oxygens (including phenoxy) is 1. The van der Waals surface area contributed by atoms with Crippen LogP contribution in [0.2, 0.25) is 0 Å². The van der Waals surface area contributed by atoms with Gasteiger partial charge in [-0.25, -0.2) is 4.79 Å². The van der Waals surface area contributed by atoms with Crippen molar-refractivity contribution in [3.8, 4) is 0 Å². The Morgan fingerprint density at radius 3 is 2.38 bits per heavy atom. The van der Waals surface area contributed by atoms with E-state index in [1.807, 2.05) is 13.8 Å². The number of hydrogen-bond donors (Lipinski definition) is 0. The first-order chi connectivity index (χ1) is 7.43. The van der Waals surface area contributed by atoms with Crippen molar-refractivity contribution < 1.29 is 14.3 Å². The van der Waals surface area contributed by atoms with Gasteiger partial charge in [0.2, 0.25) is 6.41 Å². The predicted molar refractivity (Wildman–Crippen MR) is 62.8 cm³/mol. The summed E-state index contributed by atoms with van der Waals surface area (Å²) in [7, 11) is 1.70. The normalized spacial score (nSPS) is 13.5. The molecule has 0 aromatic rings. The molecule has 0 saturated carbocycles. The summed E-state index contributed by atoms with van der Waals surface area (Å²) in [5, 5.41) is 0. The molecule has 0 radical (unpaired) electrons. The van der Waals surface area contributed by atoms with Crippen LogP contribution in [0.5, 0.6) is 0 Å². The van der Waals surface area contributed by atoms with Crippen molar-refractivity contribution in [1.82, 2.24) is 4.90 Å². The summed E-state index contributed by atoms with van der Waals surface area (Å²) in [4.78, 5) is 23.7. The van der Waals surface area contributed by atoms with Gasteiger partial charge in [-0.05, 0) is 19.8 Å². The van der Waals surface area contributed by atoms with Crippen LogP contribution < -0.4 is 0 Å². The molecule has 0 aromatic heterocycles. The molecule has 1 amide bonds. The molecular weight excluding hydrogens is 206 g/mol. The summed E-state index contributed by atoms with van der Waals surface area (Å²) < 4.78 is 4.88. The average Bonchev–Trinajstić information content (AvgIpc) is 2.24. The molecule has 0 heterocycles. The molecule has 0 fully saturated rings. The lowest BCUT2D eigenvalue weighted by Gasteiger charge is -2.25. The Morgan fingerprint density at radius 1 is 1.44 bits per heavy atom. The van der Waals surface area contributed by atoms with Crippen LogP contribution >= 0.6 is 0 Å². The van der Waals surface area contributed by atoms with Gasteiger partial charge in [-0.1, -0.05) is 19.9 Å². The lowest BCUT2D eigenvalue weighted by molar-refractivity contribution is -0.138. The number of hydrogen-bond acceptors (Lipinski definition) is 3. The Hall–Kier alpha value is -1.32. The first-order valence-corrected chi connectivity index (χ1v) is 5.46. The number of carbonyl (C=O) groups excluding carboxylic acids is 2. The lowest BCUT2D eigenvalue weighted by atomic mass is 10.0. The van der Waals surface area contributed by atoms with Gasteiger partial charge in [0.05, 0.1) is 12.6 Å². The van der Waals surface area contributed by atoms with Crippen molar-refractivity contribution in [3.63, 3.8) is 0 Å². The van der Waals surface area contributed by atoms with Crippen LogP contribution in [0.3, 0.4) is 0 Å². The second-order valence-corrected chi connectivity index (χ2v) is 4.08. The maximum absolute atomic E-state index is 11.4. The highest BCUT2D eigenvalue weighted by molar-refractivity contribution is 5.87. The molecule has 0 spiro atoms. The molecule has 4 heteroatoms. The fraction of sp³-hybridized carbons (Fsp3) is 0.667. The molecule has 0 aliphatic carbocycles. The number of nitrogens with zero attached hydrogens (tertiary/aromatic N) is 1. The number of esters is 1. The van der Waals surface area contributed by atoms with Crippen LogP contribution in [-0.2, 0) is 14.3 Å². The largest absolute Gasteiger partial charge is 0.463 e. The van der Waals surface area contributed by atoms with Gasteiger partial charge >= 0.3 is 5.97 Å². The van der Waals surface area contributed by atoms with Crippen LogP contribution in [0.15, 0.2) is 11.6 Å². The SMILES string of the molecule is CCOC(=O)/C(C)=C/[C@H](C(C)C)N(C)C=O. The number of carbonyl (C=O) groups is 2. The third kappa shape index (κ3) is 4.47. The molecule has 16 heavy (non-hydrogen) atoms. The van der Waals surface area contributed by atoms with Crippen molar-refractivity contribution in [1.29, 1.82) is 0 Å². The summed E-state index contributed by atoms with van der Waals surface area (Å²) in [5.74, 6) is -0.0768. The van der Waals surface area contributed by atoms with Gasteiger partial charge in [0, 0.05) is 12.6 Å². The van der Waals surface area contributed by atoms with Crippen LogP contribution in [0.25, 0.3) is 0 Å². The summed E-state index contributed by atoms with van der Waals surface area (Å²) in [6.45, 7) is 7.83. The smallest absolute Gasteiger partial charge is 0.333 e. The molecule has 0 unspecified atom stereocenters. The Morgan fingerprint density at radius 2 is 2.00 bits per heavy atom. The molecule has 92 valence electrons. The van der Waals surface area contributed by atoms with Crippen LogP contribution in [-0.4, -0.2) is 37.0 Å². The lowest BCUT2D eigenvalue weighted by Crippen LogP contribution is -2.33. The molecule has 0 aromatic carbocycles. The highest BCUT2D eigenvalue weighted by Gasteiger charge is 2.17. The molecule has 0 bridgehead atoms. The van der Waals surface area contributed by atoms with E-state index in [1.165, 1.54) is 0 Å². The van der Waals surface area contributed by atoms with E-state index in [0.717, 1.165) is 6.41 Å². The molecule has 0 aliphatic heterocycles. The minimum Gasteiger partial charge on any atom is -0.463 e. The molecular formula is C12H21NO3. The van der Waals surface area contributed by atoms with E-state index in [-0.39, 0.29) is 17.9 Å². The maximum Gasteiger partial charge on any atom is 0.333 e. The van der Waals surface area contributed by atoms with Gasteiger partial charge in [-0.2, -0.15) is 0 Å². The fourth-order valence-corrected chi connectivity index (χ4v) is 1.42.